The van der Waals surface area contributed by atoms with Gasteiger partial charge in [0.15, 0.2) is 0 Å². The SMILES string of the molecule is CC[C@H](C(=O)O)[C@H]1O[C@H]2OC=C(C(=O)O)[C@H]3C=C[C@]1(O)[C@@H]23. The van der Waals surface area contributed by atoms with Crippen LogP contribution in [0.3, 0.4) is 0 Å². The summed E-state index contributed by atoms with van der Waals surface area (Å²) in [6, 6.07) is 0. The molecule has 1 fully saturated rings. The Bertz CT molecular complexity index is 552. The maximum atomic E-state index is 11.3. The molecule has 0 bridgehead atoms. The number of hydrogen-bond acceptors (Lipinski definition) is 5. The summed E-state index contributed by atoms with van der Waals surface area (Å²) in [6.45, 7) is 1.70. The second-order valence-electron chi connectivity index (χ2n) is 5.59. The highest BCUT2D eigenvalue weighted by Crippen LogP contribution is 2.53. The number of aliphatic carboxylic acids is 2. The van der Waals surface area contributed by atoms with Gasteiger partial charge in [0.25, 0.3) is 0 Å². The van der Waals surface area contributed by atoms with E-state index in [1.807, 2.05) is 0 Å². The van der Waals surface area contributed by atoms with E-state index in [1.165, 1.54) is 6.08 Å². The van der Waals surface area contributed by atoms with Crippen molar-refractivity contribution in [1.29, 1.82) is 0 Å². The molecular weight excluding hydrogens is 280 g/mol. The summed E-state index contributed by atoms with van der Waals surface area (Å²) >= 11 is 0. The summed E-state index contributed by atoms with van der Waals surface area (Å²) in [6.07, 6.45) is 2.68. The Morgan fingerprint density at radius 1 is 1.43 bits per heavy atom. The summed E-state index contributed by atoms with van der Waals surface area (Å²) in [5.41, 5.74) is -1.49. The van der Waals surface area contributed by atoms with Gasteiger partial charge in [-0.25, -0.2) is 4.79 Å². The zero-order chi connectivity index (χ0) is 15.4. The van der Waals surface area contributed by atoms with Gasteiger partial charge in [-0.15, -0.1) is 0 Å². The van der Waals surface area contributed by atoms with Gasteiger partial charge in [0, 0.05) is 5.92 Å². The maximum Gasteiger partial charge on any atom is 0.335 e. The van der Waals surface area contributed by atoms with E-state index in [4.69, 9.17) is 9.47 Å². The van der Waals surface area contributed by atoms with Crippen LogP contribution in [0, 0.1) is 17.8 Å². The molecule has 7 heteroatoms. The molecule has 0 aromatic carbocycles. The number of carbonyl (C=O) groups is 2. The van der Waals surface area contributed by atoms with Gasteiger partial charge in [-0.1, -0.05) is 19.1 Å². The number of carboxylic acid groups (broad SMARTS) is 2. The van der Waals surface area contributed by atoms with E-state index in [-0.39, 0.29) is 5.57 Å². The second-order valence-corrected chi connectivity index (χ2v) is 5.59. The van der Waals surface area contributed by atoms with Gasteiger partial charge in [-0.3, -0.25) is 4.79 Å². The fraction of sp³-hybridized carbons (Fsp3) is 0.571. The van der Waals surface area contributed by atoms with Gasteiger partial charge in [0.05, 0.1) is 23.7 Å². The first-order valence-electron chi connectivity index (χ1n) is 6.79. The average Bonchev–Trinajstić information content (AvgIpc) is 2.91. The van der Waals surface area contributed by atoms with Crippen LogP contribution in [0.2, 0.25) is 0 Å². The minimum absolute atomic E-state index is 0.0380. The highest BCUT2D eigenvalue weighted by Gasteiger charge is 2.64. The first kappa shape index (κ1) is 14.1. The molecule has 0 saturated carbocycles. The zero-order valence-corrected chi connectivity index (χ0v) is 11.3. The molecule has 0 unspecified atom stereocenters. The summed E-state index contributed by atoms with van der Waals surface area (Å²) < 4.78 is 10.9. The van der Waals surface area contributed by atoms with E-state index in [2.05, 4.69) is 0 Å². The second kappa shape index (κ2) is 4.57. The van der Waals surface area contributed by atoms with Gasteiger partial charge >= 0.3 is 11.9 Å². The number of hydrogen-bond donors (Lipinski definition) is 3. The molecule has 3 N–H and O–H groups in total. The van der Waals surface area contributed by atoms with Crippen LogP contribution >= 0.6 is 0 Å². The lowest BCUT2D eigenvalue weighted by Crippen LogP contribution is -2.48. The topological polar surface area (TPSA) is 113 Å². The van der Waals surface area contributed by atoms with Gasteiger partial charge in [0.2, 0.25) is 6.29 Å². The molecule has 0 aromatic rings. The quantitative estimate of drug-likeness (QED) is 0.642. The van der Waals surface area contributed by atoms with Crippen molar-refractivity contribution < 1.29 is 34.4 Å². The fourth-order valence-electron chi connectivity index (χ4n) is 3.55. The third kappa shape index (κ3) is 1.81. The van der Waals surface area contributed by atoms with E-state index >= 15 is 0 Å². The zero-order valence-electron chi connectivity index (χ0n) is 11.3. The van der Waals surface area contributed by atoms with Gasteiger partial charge in [-0.2, -0.15) is 0 Å². The van der Waals surface area contributed by atoms with Crippen molar-refractivity contribution >= 4 is 11.9 Å². The highest BCUT2D eigenvalue weighted by atomic mass is 16.7. The van der Waals surface area contributed by atoms with Crippen molar-refractivity contribution in [2.24, 2.45) is 17.8 Å². The number of rotatable bonds is 4. The van der Waals surface area contributed by atoms with Crippen molar-refractivity contribution in [3.8, 4) is 0 Å². The number of aliphatic hydroxyl groups is 1. The Labute approximate surface area is 120 Å². The van der Waals surface area contributed by atoms with E-state index in [0.29, 0.717) is 6.42 Å². The summed E-state index contributed by atoms with van der Waals surface area (Å²) in [5.74, 6) is -4.24. The number of allylic oxidation sites excluding steroid dienone is 1. The van der Waals surface area contributed by atoms with Crippen molar-refractivity contribution in [2.75, 3.05) is 0 Å². The van der Waals surface area contributed by atoms with Gasteiger partial charge in [-0.05, 0) is 6.42 Å². The molecule has 0 spiro atoms. The lowest BCUT2D eigenvalue weighted by Gasteiger charge is -2.32. The van der Waals surface area contributed by atoms with Crippen LogP contribution in [-0.4, -0.2) is 45.3 Å². The third-order valence-electron chi connectivity index (χ3n) is 4.58. The number of ether oxygens (including phenoxy) is 2. The molecule has 3 rings (SSSR count). The standard InChI is InChI=1S/C14H16O7/c1-2-6(11(15)16)10-14(19)4-3-7-8(12(17)18)5-20-13(21-10)9(7)14/h3-7,9-10,13,19H,2H2,1H3,(H,15,16)(H,17,18)/t6-,7+,9+,10+,13+,14-/m0/s1. The Hall–Kier alpha value is -1.86. The molecule has 1 saturated heterocycles. The van der Waals surface area contributed by atoms with Crippen molar-refractivity contribution in [3.05, 3.63) is 24.0 Å². The highest BCUT2D eigenvalue weighted by molar-refractivity contribution is 5.88. The lowest BCUT2D eigenvalue weighted by atomic mass is 9.76. The van der Waals surface area contributed by atoms with Crippen LogP contribution in [0.4, 0.5) is 0 Å². The van der Waals surface area contributed by atoms with E-state index in [0.717, 1.165) is 6.26 Å². The first-order valence-corrected chi connectivity index (χ1v) is 6.79. The van der Waals surface area contributed by atoms with Crippen LogP contribution in [-0.2, 0) is 19.1 Å². The minimum Gasteiger partial charge on any atom is -0.481 e. The lowest BCUT2D eigenvalue weighted by molar-refractivity contribution is -0.163. The maximum absolute atomic E-state index is 11.3. The molecular formula is C14H16O7. The van der Waals surface area contributed by atoms with Crippen molar-refractivity contribution in [2.45, 2.75) is 31.3 Å². The average molecular weight is 296 g/mol. The summed E-state index contributed by atoms with van der Waals surface area (Å²) in [5, 5.41) is 29.3. The normalized spacial score (nSPS) is 41.1. The molecule has 1 aliphatic carbocycles. The molecule has 0 radical (unpaired) electrons. The van der Waals surface area contributed by atoms with Crippen LogP contribution in [0.1, 0.15) is 13.3 Å². The third-order valence-corrected chi connectivity index (χ3v) is 4.58. The molecule has 2 heterocycles. The van der Waals surface area contributed by atoms with Gasteiger partial charge in [0.1, 0.15) is 11.7 Å². The predicted molar refractivity (Wildman–Crippen MR) is 68.0 cm³/mol. The van der Waals surface area contributed by atoms with Crippen LogP contribution < -0.4 is 0 Å². The molecule has 2 aliphatic heterocycles. The predicted octanol–water partition coefficient (Wildman–Crippen LogP) is 0.354. The van der Waals surface area contributed by atoms with E-state index in [1.54, 1.807) is 13.0 Å². The fourth-order valence-corrected chi connectivity index (χ4v) is 3.55. The van der Waals surface area contributed by atoms with Gasteiger partial charge < -0.3 is 24.8 Å². The molecule has 0 amide bonds. The monoisotopic (exact) mass is 296 g/mol. The van der Waals surface area contributed by atoms with Crippen LogP contribution in [0.25, 0.3) is 0 Å². The first-order chi connectivity index (χ1) is 9.90. The molecule has 3 aliphatic rings. The van der Waals surface area contributed by atoms with Crippen molar-refractivity contribution in [1.82, 2.24) is 0 Å². The molecule has 21 heavy (non-hydrogen) atoms. The van der Waals surface area contributed by atoms with E-state index in [9.17, 15) is 24.9 Å². The van der Waals surface area contributed by atoms with Crippen molar-refractivity contribution in [3.63, 3.8) is 0 Å². The number of carboxylic acids is 2. The van der Waals surface area contributed by atoms with Crippen LogP contribution in [0.5, 0.6) is 0 Å². The Balaban J connectivity index is 1.97. The Morgan fingerprint density at radius 2 is 2.14 bits per heavy atom. The van der Waals surface area contributed by atoms with E-state index < -0.39 is 47.7 Å². The molecule has 114 valence electrons. The minimum atomic E-state index is -1.52. The Morgan fingerprint density at radius 3 is 2.71 bits per heavy atom. The smallest absolute Gasteiger partial charge is 0.335 e. The molecule has 7 nitrogen and oxygen atoms in total. The largest absolute Gasteiger partial charge is 0.481 e. The van der Waals surface area contributed by atoms with Crippen LogP contribution in [0.15, 0.2) is 24.0 Å². The summed E-state index contributed by atoms with van der Waals surface area (Å²) in [7, 11) is 0. The summed E-state index contributed by atoms with van der Waals surface area (Å²) in [4.78, 5) is 22.6. The molecule has 6 atom stereocenters. The Kier molecular flexibility index (Phi) is 3.07. The molecule has 0 aromatic heterocycles.